The highest BCUT2D eigenvalue weighted by molar-refractivity contribution is 9.10. The predicted octanol–water partition coefficient (Wildman–Crippen LogP) is 1.21. The Morgan fingerprint density at radius 3 is 2.80 bits per heavy atom. The van der Waals surface area contributed by atoms with E-state index >= 15 is 0 Å². The first kappa shape index (κ1) is 15.0. The first-order valence-electron chi connectivity index (χ1n) is 6.41. The van der Waals surface area contributed by atoms with E-state index in [1.54, 1.807) is 6.07 Å². The standard InChI is InChI=1S/C14H17BrN2O3/c1-9-3-4-11(15)10(7-9)12(18)17-6-2-5-14(20,8-17)13(16)19/h3-4,7,20H,2,5-6,8H2,1H3,(H2,16,19)/t14-/m1/s1. The van der Waals surface area contributed by atoms with Gasteiger partial charge in [-0.25, -0.2) is 0 Å². The lowest BCUT2D eigenvalue weighted by Crippen LogP contribution is -2.57. The fourth-order valence-electron chi connectivity index (χ4n) is 2.38. The van der Waals surface area contributed by atoms with Gasteiger partial charge < -0.3 is 15.7 Å². The summed E-state index contributed by atoms with van der Waals surface area (Å²) in [5, 5.41) is 10.2. The highest BCUT2D eigenvalue weighted by Crippen LogP contribution is 2.25. The van der Waals surface area contributed by atoms with E-state index in [0.29, 0.717) is 29.4 Å². The van der Waals surface area contributed by atoms with Gasteiger partial charge in [0.2, 0.25) is 0 Å². The zero-order chi connectivity index (χ0) is 14.9. The number of carbonyl (C=O) groups excluding carboxylic acids is 2. The monoisotopic (exact) mass is 340 g/mol. The van der Waals surface area contributed by atoms with Crippen LogP contribution in [-0.4, -0.2) is 40.5 Å². The third-order valence-corrected chi connectivity index (χ3v) is 4.26. The normalized spacial score (nSPS) is 22.6. The third kappa shape index (κ3) is 2.86. The number of benzene rings is 1. The molecule has 0 aliphatic carbocycles. The van der Waals surface area contributed by atoms with E-state index < -0.39 is 11.5 Å². The first-order valence-corrected chi connectivity index (χ1v) is 7.20. The molecule has 1 saturated heterocycles. The van der Waals surface area contributed by atoms with Crippen LogP contribution in [0.5, 0.6) is 0 Å². The van der Waals surface area contributed by atoms with Crippen LogP contribution in [-0.2, 0) is 4.79 Å². The van der Waals surface area contributed by atoms with E-state index in [4.69, 9.17) is 5.73 Å². The van der Waals surface area contributed by atoms with Crippen molar-refractivity contribution in [1.82, 2.24) is 4.90 Å². The van der Waals surface area contributed by atoms with E-state index in [1.807, 2.05) is 19.1 Å². The van der Waals surface area contributed by atoms with Crippen molar-refractivity contribution >= 4 is 27.7 Å². The summed E-state index contributed by atoms with van der Waals surface area (Å²) >= 11 is 3.35. The van der Waals surface area contributed by atoms with Crippen molar-refractivity contribution in [3.05, 3.63) is 33.8 Å². The zero-order valence-corrected chi connectivity index (χ0v) is 12.8. The Morgan fingerprint density at radius 1 is 1.45 bits per heavy atom. The molecule has 1 aromatic rings. The number of primary amides is 1. The summed E-state index contributed by atoms with van der Waals surface area (Å²) < 4.78 is 0.696. The number of rotatable bonds is 2. The van der Waals surface area contributed by atoms with Crippen LogP contribution in [0.4, 0.5) is 0 Å². The SMILES string of the molecule is Cc1ccc(Br)c(C(=O)N2CCC[C@](O)(C(N)=O)C2)c1. The molecule has 0 saturated carbocycles. The topological polar surface area (TPSA) is 83.6 Å². The fourth-order valence-corrected chi connectivity index (χ4v) is 2.80. The summed E-state index contributed by atoms with van der Waals surface area (Å²) in [6, 6.07) is 5.49. The Labute approximate surface area is 125 Å². The van der Waals surface area contributed by atoms with E-state index in [9.17, 15) is 14.7 Å². The second kappa shape index (κ2) is 5.54. The van der Waals surface area contributed by atoms with Gasteiger partial charge >= 0.3 is 0 Å². The summed E-state index contributed by atoms with van der Waals surface area (Å²) in [7, 11) is 0. The van der Waals surface area contributed by atoms with Crippen molar-refractivity contribution < 1.29 is 14.7 Å². The molecule has 2 amide bonds. The number of carbonyl (C=O) groups is 2. The zero-order valence-electron chi connectivity index (χ0n) is 11.2. The van der Waals surface area contributed by atoms with Gasteiger partial charge in [-0.1, -0.05) is 11.6 Å². The molecule has 1 aliphatic heterocycles. The lowest BCUT2D eigenvalue weighted by atomic mass is 9.91. The fraction of sp³-hybridized carbons (Fsp3) is 0.429. The number of nitrogens with two attached hydrogens (primary N) is 1. The lowest BCUT2D eigenvalue weighted by molar-refractivity contribution is -0.140. The van der Waals surface area contributed by atoms with Crippen LogP contribution in [0.25, 0.3) is 0 Å². The third-order valence-electron chi connectivity index (χ3n) is 3.57. The molecule has 6 heteroatoms. The van der Waals surface area contributed by atoms with E-state index in [1.165, 1.54) is 4.90 Å². The number of aliphatic hydroxyl groups is 1. The summed E-state index contributed by atoms with van der Waals surface area (Å²) in [5.41, 5.74) is 5.10. The summed E-state index contributed by atoms with van der Waals surface area (Å²) in [4.78, 5) is 25.3. The smallest absolute Gasteiger partial charge is 0.255 e. The molecule has 1 heterocycles. The Bertz CT molecular complexity index is 561. The summed E-state index contributed by atoms with van der Waals surface area (Å²) in [6.07, 6.45) is 0.843. The van der Waals surface area contributed by atoms with E-state index in [2.05, 4.69) is 15.9 Å². The number of halogens is 1. The Hall–Kier alpha value is -1.40. The molecule has 20 heavy (non-hydrogen) atoms. The van der Waals surface area contributed by atoms with Crippen LogP contribution in [0.15, 0.2) is 22.7 Å². The van der Waals surface area contributed by atoms with Gasteiger partial charge in [-0.3, -0.25) is 9.59 Å². The lowest BCUT2D eigenvalue weighted by Gasteiger charge is -2.37. The number of hydrogen-bond acceptors (Lipinski definition) is 3. The summed E-state index contributed by atoms with van der Waals surface area (Å²) in [5.74, 6) is -0.988. The van der Waals surface area contributed by atoms with Crippen molar-refractivity contribution in [2.24, 2.45) is 5.73 Å². The maximum atomic E-state index is 12.5. The maximum Gasteiger partial charge on any atom is 0.255 e. The number of nitrogens with zero attached hydrogens (tertiary/aromatic N) is 1. The van der Waals surface area contributed by atoms with Crippen LogP contribution in [0.3, 0.4) is 0 Å². The number of hydrogen-bond donors (Lipinski definition) is 2. The number of β-amino-alcohol motifs (C(OH)–C–C–N with tert-alkyl or cyclic N) is 1. The molecule has 3 N–H and O–H groups in total. The second-order valence-corrected chi connectivity index (χ2v) is 6.06. The van der Waals surface area contributed by atoms with Gasteiger partial charge in [0.15, 0.2) is 5.60 Å². The van der Waals surface area contributed by atoms with Gasteiger partial charge in [-0.05, 0) is 47.8 Å². The molecule has 1 fully saturated rings. The molecule has 0 spiro atoms. The molecule has 0 aromatic heterocycles. The quantitative estimate of drug-likeness (QED) is 0.848. The molecular formula is C14H17BrN2O3. The minimum atomic E-state index is -1.62. The second-order valence-electron chi connectivity index (χ2n) is 5.21. The van der Waals surface area contributed by atoms with Crippen LogP contribution in [0.1, 0.15) is 28.8 Å². The molecule has 1 aromatic carbocycles. The Balaban J connectivity index is 2.25. The average Bonchev–Trinajstić information content (AvgIpc) is 2.40. The number of piperidine rings is 1. The number of aryl methyl sites for hydroxylation is 1. The number of amides is 2. The minimum Gasteiger partial charge on any atom is -0.378 e. The van der Waals surface area contributed by atoms with E-state index in [0.717, 1.165) is 5.56 Å². The van der Waals surface area contributed by atoms with Crippen molar-refractivity contribution in [3.8, 4) is 0 Å². The van der Waals surface area contributed by atoms with Crippen molar-refractivity contribution in [3.63, 3.8) is 0 Å². The Kier molecular flexibility index (Phi) is 4.15. The average molecular weight is 341 g/mol. The van der Waals surface area contributed by atoms with Crippen molar-refractivity contribution in [1.29, 1.82) is 0 Å². The molecule has 1 aliphatic rings. The molecule has 0 unspecified atom stereocenters. The number of likely N-dealkylation sites (tertiary alicyclic amines) is 1. The first-order chi connectivity index (χ1) is 9.33. The van der Waals surface area contributed by atoms with Crippen LogP contribution >= 0.6 is 15.9 Å². The summed E-state index contributed by atoms with van der Waals surface area (Å²) in [6.45, 7) is 2.36. The predicted molar refractivity (Wildman–Crippen MR) is 78.2 cm³/mol. The van der Waals surface area contributed by atoms with Crippen molar-refractivity contribution in [2.75, 3.05) is 13.1 Å². The van der Waals surface area contributed by atoms with Gasteiger partial charge in [-0.15, -0.1) is 0 Å². The highest BCUT2D eigenvalue weighted by Gasteiger charge is 2.40. The van der Waals surface area contributed by atoms with Crippen LogP contribution in [0, 0.1) is 6.92 Å². The van der Waals surface area contributed by atoms with E-state index in [-0.39, 0.29) is 12.5 Å². The molecule has 0 radical (unpaired) electrons. The molecule has 5 nitrogen and oxygen atoms in total. The minimum absolute atomic E-state index is 0.0540. The van der Waals surface area contributed by atoms with Gasteiger partial charge in [0.05, 0.1) is 12.1 Å². The molecule has 108 valence electrons. The maximum absolute atomic E-state index is 12.5. The highest BCUT2D eigenvalue weighted by atomic mass is 79.9. The van der Waals surface area contributed by atoms with Gasteiger partial charge in [0.25, 0.3) is 11.8 Å². The van der Waals surface area contributed by atoms with Gasteiger partial charge in [0.1, 0.15) is 0 Å². The van der Waals surface area contributed by atoms with Crippen LogP contribution in [0.2, 0.25) is 0 Å². The van der Waals surface area contributed by atoms with Crippen LogP contribution < -0.4 is 5.73 Å². The largest absolute Gasteiger partial charge is 0.378 e. The Morgan fingerprint density at radius 2 is 2.15 bits per heavy atom. The molecule has 2 rings (SSSR count). The van der Waals surface area contributed by atoms with Gasteiger partial charge in [-0.2, -0.15) is 0 Å². The molecule has 0 bridgehead atoms. The van der Waals surface area contributed by atoms with Gasteiger partial charge in [0, 0.05) is 11.0 Å². The van der Waals surface area contributed by atoms with Crippen molar-refractivity contribution in [2.45, 2.75) is 25.4 Å². The molecule has 1 atom stereocenters. The molecular weight excluding hydrogens is 324 g/mol.